The number of para-hydroxylation sites is 1. The highest BCUT2D eigenvalue weighted by Crippen LogP contribution is 2.37. The summed E-state index contributed by atoms with van der Waals surface area (Å²) in [5.41, 5.74) is 2.59. The second kappa shape index (κ2) is 8.60. The minimum Gasteiger partial charge on any atom is -0.490 e. The fourth-order valence-electron chi connectivity index (χ4n) is 3.71. The number of nitro groups is 1. The molecule has 34 heavy (non-hydrogen) atoms. The SMILES string of the molecule is COc1ccc(-c2nn(-c3ccccc3)cc2/C=C2\Oc3ccc(Br)cc3C2=O)cc1[N+](=O)[O-]. The largest absolute Gasteiger partial charge is 0.490 e. The maximum atomic E-state index is 13.0. The predicted octanol–water partition coefficient (Wildman–Crippen LogP) is 5.83. The van der Waals surface area contributed by atoms with Gasteiger partial charge in [0.15, 0.2) is 11.5 Å². The monoisotopic (exact) mass is 517 g/mol. The highest BCUT2D eigenvalue weighted by molar-refractivity contribution is 9.10. The van der Waals surface area contributed by atoms with E-state index in [1.54, 1.807) is 41.2 Å². The van der Waals surface area contributed by atoms with Crippen LogP contribution >= 0.6 is 15.9 Å². The number of nitro benzene ring substituents is 1. The predicted molar refractivity (Wildman–Crippen MR) is 129 cm³/mol. The first-order valence-electron chi connectivity index (χ1n) is 10.2. The molecule has 4 aromatic rings. The standard InChI is InChI=1S/C25H16BrN3O5/c1-33-22-9-7-15(11-20(22)29(31)32)24-16(14-28(27-24)18-5-3-2-4-6-18)12-23-25(30)19-13-17(26)8-10-21(19)34-23/h2-14H,1H3/b23-12-. The molecule has 168 valence electrons. The van der Waals surface area contributed by atoms with Gasteiger partial charge in [-0.3, -0.25) is 14.9 Å². The van der Waals surface area contributed by atoms with Crippen molar-refractivity contribution in [2.24, 2.45) is 0 Å². The van der Waals surface area contributed by atoms with Gasteiger partial charge in [-0.2, -0.15) is 5.10 Å². The van der Waals surface area contributed by atoms with E-state index >= 15 is 0 Å². The Morgan fingerprint density at radius 3 is 2.65 bits per heavy atom. The fraction of sp³-hybridized carbons (Fsp3) is 0.0400. The van der Waals surface area contributed by atoms with Crippen molar-refractivity contribution < 1.29 is 19.2 Å². The van der Waals surface area contributed by atoms with Crippen LogP contribution < -0.4 is 9.47 Å². The summed E-state index contributed by atoms with van der Waals surface area (Å²) >= 11 is 3.37. The number of allylic oxidation sites excluding steroid dienone is 1. The molecule has 0 saturated heterocycles. The van der Waals surface area contributed by atoms with Crippen LogP contribution in [0.3, 0.4) is 0 Å². The van der Waals surface area contributed by atoms with E-state index in [1.807, 2.05) is 30.3 Å². The Morgan fingerprint density at radius 1 is 1.12 bits per heavy atom. The third-order valence-electron chi connectivity index (χ3n) is 5.33. The summed E-state index contributed by atoms with van der Waals surface area (Å²) in [6.07, 6.45) is 3.36. The molecule has 0 bridgehead atoms. The topological polar surface area (TPSA) is 96.5 Å². The Hall–Kier alpha value is -4.24. The molecule has 5 rings (SSSR count). The van der Waals surface area contributed by atoms with E-state index in [2.05, 4.69) is 21.0 Å². The van der Waals surface area contributed by atoms with E-state index < -0.39 is 4.92 Å². The van der Waals surface area contributed by atoms with Crippen LogP contribution in [0.5, 0.6) is 11.5 Å². The van der Waals surface area contributed by atoms with Gasteiger partial charge in [-0.15, -0.1) is 0 Å². The quantitative estimate of drug-likeness (QED) is 0.187. The lowest BCUT2D eigenvalue weighted by atomic mass is 10.0. The molecule has 0 atom stereocenters. The Labute approximate surface area is 202 Å². The zero-order valence-electron chi connectivity index (χ0n) is 17.8. The first-order chi connectivity index (χ1) is 16.4. The van der Waals surface area contributed by atoms with Crippen LogP contribution in [0.1, 0.15) is 15.9 Å². The lowest BCUT2D eigenvalue weighted by Crippen LogP contribution is -1.98. The van der Waals surface area contributed by atoms with Crippen molar-refractivity contribution in [2.75, 3.05) is 7.11 Å². The number of ketones is 1. The third-order valence-corrected chi connectivity index (χ3v) is 5.82. The van der Waals surface area contributed by atoms with E-state index in [9.17, 15) is 14.9 Å². The number of methoxy groups -OCH3 is 1. The maximum absolute atomic E-state index is 13.0. The zero-order chi connectivity index (χ0) is 23.8. The number of rotatable bonds is 5. The molecule has 0 amide bonds. The number of carbonyl (C=O) groups excluding carboxylic acids is 1. The molecule has 0 fully saturated rings. The molecule has 1 aliphatic rings. The smallest absolute Gasteiger partial charge is 0.311 e. The van der Waals surface area contributed by atoms with Gasteiger partial charge in [0.2, 0.25) is 5.78 Å². The fourth-order valence-corrected chi connectivity index (χ4v) is 4.07. The summed E-state index contributed by atoms with van der Waals surface area (Å²) in [6.45, 7) is 0. The van der Waals surface area contributed by atoms with E-state index in [0.717, 1.165) is 10.2 Å². The van der Waals surface area contributed by atoms with Crippen molar-refractivity contribution in [1.82, 2.24) is 9.78 Å². The number of hydrogen-bond donors (Lipinski definition) is 0. The Balaban J connectivity index is 1.65. The molecule has 0 saturated carbocycles. The molecule has 1 aromatic heterocycles. The van der Waals surface area contributed by atoms with Gasteiger partial charge < -0.3 is 9.47 Å². The van der Waals surface area contributed by atoms with Crippen molar-refractivity contribution in [3.05, 3.63) is 104 Å². The number of hydrogen-bond acceptors (Lipinski definition) is 6. The summed E-state index contributed by atoms with van der Waals surface area (Å²) in [4.78, 5) is 24.0. The average molecular weight is 518 g/mol. The molecule has 0 N–H and O–H groups in total. The first kappa shape index (κ1) is 21.6. The first-order valence-corrected chi connectivity index (χ1v) is 11.0. The van der Waals surface area contributed by atoms with Gasteiger partial charge in [-0.25, -0.2) is 4.68 Å². The number of carbonyl (C=O) groups is 1. The van der Waals surface area contributed by atoms with Gasteiger partial charge in [0.1, 0.15) is 11.4 Å². The van der Waals surface area contributed by atoms with Gasteiger partial charge in [0.25, 0.3) is 0 Å². The summed E-state index contributed by atoms with van der Waals surface area (Å²) in [7, 11) is 1.38. The summed E-state index contributed by atoms with van der Waals surface area (Å²) in [5, 5.41) is 16.2. The van der Waals surface area contributed by atoms with Crippen LogP contribution in [0, 0.1) is 10.1 Å². The molecule has 9 heteroatoms. The van der Waals surface area contributed by atoms with E-state index in [4.69, 9.17) is 9.47 Å². The average Bonchev–Trinajstić information content (AvgIpc) is 3.40. The van der Waals surface area contributed by atoms with Crippen molar-refractivity contribution in [3.63, 3.8) is 0 Å². The molecule has 0 aliphatic carbocycles. The normalized spacial score (nSPS) is 13.6. The molecule has 0 radical (unpaired) electrons. The summed E-state index contributed by atoms with van der Waals surface area (Å²) < 4.78 is 13.4. The Kier molecular flexibility index (Phi) is 5.46. The van der Waals surface area contributed by atoms with E-state index in [-0.39, 0.29) is 23.0 Å². The lowest BCUT2D eigenvalue weighted by Gasteiger charge is -2.05. The number of ether oxygens (including phenoxy) is 2. The van der Waals surface area contributed by atoms with Crippen LogP contribution in [0.25, 0.3) is 23.0 Å². The van der Waals surface area contributed by atoms with E-state index in [0.29, 0.717) is 28.1 Å². The molecule has 0 unspecified atom stereocenters. The molecule has 8 nitrogen and oxygen atoms in total. The number of halogens is 1. The van der Waals surface area contributed by atoms with Gasteiger partial charge in [-0.1, -0.05) is 34.1 Å². The molecule has 0 spiro atoms. The van der Waals surface area contributed by atoms with Crippen LogP contribution in [0.15, 0.2) is 83.2 Å². The van der Waals surface area contributed by atoms with Gasteiger partial charge in [0, 0.05) is 27.9 Å². The second-order valence-corrected chi connectivity index (χ2v) is 8.35. The minimum absolute atomic E-state index is 0.143. The summed E-state index contributed by atoms with van der Waals surface area (Å²) in [6, 6.07) is 19.3. The van der Waals surface area contributed by atoms with Crippen molar-refractivity contribution in [2.45, 2.75) is 0 Å². The van der Waals surface area contributed by atoms with Crippen LogP contribution in [0.4, 0.5) is 5.69 Å². The van der Waals surface area contributed by atoms with Crippen molar-refractivity contribution >= 4 is 33.5 Å². The minimum atomic E-state index is -0.507. The Bertz CT molecular complexity index is 1480. The second-order valence-electron chi connectivity index (χ2n) is 7.44. The molecular weight excluding hydrogens is 502 g/mol. The maximum Gasteiger partial charge on any atom is 0.311 e. The van der Waals surface area contributed by atoms with Crippen LogP contribution in [-0.4, -0.2) is 27.6 Å². The number of aromatic nitrogens is 2. The number of benzene rings is 3. The van der Waals surface area contributed by atoms with E-state index in [1.165, 1.54) is 19.2 Å². The van der Waals surface area contributed by atoms with Crippen LogP contribution in [-0.2, 0) is 0 Å². The zero-order valence-corrected chi connectivity index (χ0v) is 19.4. The van der Waals surface area contributed by atoms with Gasteiger partial charge >= 0.3 is 5.69 Å². The van der Waals surface area contributed by atoms with Crippen molar-refractivity contribution in [3.8, 4) is 28.4 Å². The molecule has 3 aromatic carbocycles. The lowest BCUT2D eigenvalue weighted by molar-refractivity contribution is -0.385. The molecule has 2 heterocycles. The van der Waals surface area contributed by atoms with Crippen molar-refractivity contribution in [1.29, 1.82) is 0 Å². The number of fused-ring (bicyclic) bond motifs is 1. The van der Waals surface area contributed by atoms with Crippen LogP contribution in [0.2, 0.25) is 0 Å². The summed E-state index contributed by atoms with van der Waals surface area (Å²) in [5.74, 6) is 0.503. The molecular formula is C25H16BrN3O5. The van der Waals surface area contributed by atoms with Gasteiger partial charge in [0.05, 0.1) is 23.3 Å². The molecule has 1 aliphatic heterocycles. The Morgan fingerprint density at radius 2 is 1.91 bits per heavy atom. The highest BCUT2D eigenvalue weighted by Gasteiger charge is 2.28. The number of Topliss-reactive ketones (excluding diaryl/α,β-unsaturated/α-hetero) is 1. The highest BCUT2D eigenvalue weighted by atomic mass is 79.9. The van der Waals surface area contributed by atoms with Gasteiger partial charge in [-0.05, 0) is 48.5 Å². The third kappa shape index (κ3) is 3.86. The number of nitrogens with zero attached hydrogens (tertiary/aromatic N) is 3.